The molecule has 2 N–H and O–H groups in total. The quantitative estimate of drug-likeness (QED) is 0.867. The van der Waals surface area contributed by atoms with Crippen molar-refractivity contribution in [3.05, 3.63) is 52.0 Å². The number of amides is 2. The molecule has 0 aliphatic carbocycles. The van der Waals surface area contributed by atoms with Gasteiger partial charge in [0, 0.05) is 28.7 Å². The van der Waals surface area contributed by atoms with Gasteiger partial charge in [-0.2, -0.15) is 0 Å². The summed E-state index contributed by atoms with van der Waals surface area (Å²) in [5, 5.41) is 12.7. The normalized spacial score (nSPS) is 20.1. The number of urea groups is 1. The molecule has 7 heteroatoms. The summed E-state index contributed by atoms with van der Waals surface area (Å²) in [6.07, 6.45) is 2.78. The molecule has 1 saturated heterocycles. The molecule has 3 rings (SSSR count). The molecule has 0 saturated carbocycles. The zero-order valence-electron chi connectivity index (χ0n) is 13.5. The Hall–Kier alpha value is -1.96. The van der Waals surface area contributed by atoms with Crippen LogP contribution in [-0.2, 0) is 17.8 Å². The van der Waals surface area contributed by atoms with Crippen LogP contribution >= 0.6 is 11.3 Å². The molecule has 2 aromatic heterocycles. The van der Waals surface area contributed by atoms with E-state index in [1.807, 2.05) is 25.1 Å². The Morgan fingerprint density at radius 3 is 2.75 bits per heavy atom. The summed E-state index contributed by atoms with van der Waals surface area (Å²) in [6.45, 7) is 3.66. The van der Waals surface area contributed by atoms with Crippen molar-refractivity contribution in [2.75, 3.05) is 13.2 Å². The Morgan fingerprint density at radius 1 is 1.33 bits per heavy atom. The number of carbonyl (C=O) groups excluding carboxylic acids is 1. The maximum atomic E-state index is 12.7. The molecule has 24 heavy (non-hydrogen) atoms. The number of rotatable bonds is 5. The topological polar surface area (TPSA) is 74.7 Å². The van der Waals surface area contributed by atoms with Crippen LogP contribution in [0.2, 0.25) is 0 Å². The molecule has 3 heterocycles. The van der Waals surface area contributed by atoms with E-state index in [0.717, 1.165) is 10.4 Å². The predicted octanol–water partition coefficient (Wildman–Crippen LogP) is 1.92. The number of aliphatic hydroxyl groups is 1. The molecular formula is C17H21N3O3S. The Morgan fingerprint density at radius 2 is 2.12 bits per heavy atom. The Labute approximate surface area is 145 Å². The third kappa shape index (κ3) is 4.31. The van der Waals surface area contributed by atoms with E-state index in [4.69, 9.17) is 4.74 Å². The average Bonchev–Trinajstić information content (AvgIpc) is 3.16. The minimum atomic E-state index is -0.652. The van der Waals surface area contributed by atoms with Gasteiger partial charge < -0.3 is 20.1 Å². The first-order valence-electron chi connectivity index (χ1n) is 7.87. The first kappa shape index (κ1) is 16.9. The fourth-order valence-electron chi connectivity index (χ4n) is 2.60. The molecule has 6 nitrogen and oxygen atoms in total. The lowest BCUT2D eigenvalue weighted by Gasteiger charge is -2.25. The maximum absolute atomic E-state index is 12.7. The van der Waals surface area contributed by atoms with Crippen LogP contribution in [0.25, 0.3) is 0 Å². The molecule has 0 bridgehead atoms. The molecule has 0 aromatic carbocycles. The predicted molar refractivity (Wildman–Crippen MR) is 91.7 cm³/mol. The first-order chi connectivity index (χ1) is 11.6. The molecule has 2 amide bonds. The van der Waals surface area contributed by atoms with E-state index in [-0.39, 0.29) is 18.7 Å². The Balaban J connectivity index is 1.71. The highest BCUT2D eigenvalue weighted by molar-refractivity contribution is 7.11. The van der Waals surface area contributed by atoms with Gasteiger partial charge in [0.25, 0.3) is 0 Å². The molecule has 2 atom stereocenters. The number of aromatic nitrogens is 1. The van der Waals surface area contributed by atoms with Crippen LogP contribution in [0.1, 0.15) is 15.3 Å². The van der Waals surface area contributed by atoms with Crippen molar-refractivity contribution in [2.24, 2.45) is 0 Å². The molecule has 2 aromatic rings. The van der Waals surface area contributed by atoms with Gasteiger partial charge in [0.1, 0.15) is 0 Å². The van der Waals surface area contributed by atoms with Crippen LogP contribution in [0.3, 0.4) is 0 Å². The highest BCUT2D eigenvalue weighted by atomic mass is 32.1. The Bertz CT molecular complexity index is 677. The second-order valence-corrected chi connectivity index (χ2v) is 7.26. The average molecular weight is 347 g/mol. The van der Waals surface area contributed by atoms with Gasteiger partial charge in [-0.05, 0) is 36.8 Å². The minimum Gasteiger partial charge on any atom is -0.388 e. The van der Waals surface area contributed by atoms with Gasteiger partial charge in [-0.1, -0.05) is 0 Å². The minimum absolute atomic E-state index is 0.201. The van der Waals surface area contributed by atoms with Crippen LogP contribution in [0.4, 0.5) is 4.79 Å². The van der Waals surface area contributed by atoms with Crippen molar-refractivity contribution >= 4 is 17.4 Å². The largest absolute Gasteiger partial charge is 0.388 e. The fraction of sp³-hybridized carbons (Fsp3) is 0.412. The van der Waals surface area contributed by atoms with Crippen LogP contribution in [0.5, 0.6) is 0 Å². The van der Waals surface area contributed by atoms with Crippen LogP contribution in [-0.4, -0.2) is 46.4 Å². The molecule has 0 radical (unpaired) electrons. The van der Waals surface area contributed by atoms with E-state index in [9.17, 15) is 9.90 Å². The molecule has 128 valence electrons. The lowest BCUT2D eigenvalue weighted by Crippen LogP contribution is -2.48. The second kappa shape index (κ2) is 7.74. The summed E-state index contributed by atoms with van der Waals surface area (Å²) < 4.78 is 5.20. The lowest BCUT2D eigenvalue weighted by molar-refractivity contribution is 0.121. The zero-order chi connectivity index (χ0) is 16.9. The lowest BCUT2D eigenvalue weighted by atomic mass is 10.2. The smallest absolute Gasteiger partial charge is 0.318 e. The number of aliphatic hydroxyl groups excluding tert-OH is 1. The van der Waals surface area contributed by atoms with Gasteiger partial charge in [-0.25, -0.2) is 4.79 Å². The highest BCUT2D eigenvalue weighted by Gasteiger charge is 2.29. The number of aryl methyl sites for hydroxylation is 1. The van der Waals surface area contributed by atoms with Crippen molar-refractivity contribution in [3.63, 3.8) is 0 Å². The van der Waals surface area contributed by atoms with Crippen LogP contribution < -0.4 is 5.32 Å². The molecular weight excluding hydrogens is 326 g/mol. The first-order valence-corrected chi connectivity index (χ1v) is 8.69. The highest BCUT2D eigenvalue weighted by Crippen LogP contribution is 2.19. The van der Waals surface area contributed by atoms with Crippen molar-refractivity contribution in [2.45, 2.75) is 32.2 Å². The third-order valence-electron chi connectivity index (χ3n) is 3.91. The van der Waals surface area contributed by atoms with Crippen LogP contribution in [0.15, 0.2) is 36.7 Å². The van der Waals surface area contributed by atoms with E-state index >= 15 is 0 Å². The summed E-state index contributed by atoms with van der Waals surface area (Å²) in [5.74, 6) is 0. The van der Waals surface area contributed by atoms with Gasteiger partial charge in [0.15, 0.2) is 0 Å². The fourth-order valence-corrected chi connectivity index (χ4v) is 3.50. The number of thiophene rings is 1. The molecule has 0 unspecified atom stereocenters. The summed E-state index contributed by atoms with van der Waals surface area (Å²) in [5.41, 5.74) is 1.01. The van der Waals surface area contributed by atoms with Crippen molar-refractivity contribution in [1.29, 1.82) is 0 Å². The molecule has 1 aliphatic rings. The number of pyridine rings is 1. The van der Waals surface area contributed by atoms with E-state index in [1.54, 1.807) is 28.6 Å². The monoisotopic (exact) mass is 347 g/mol. The standard InChI is InChI=1S/C17H21N3O3S/c1-12-2-3-14(24-12)9-20(8-13-4-6-18-7-5-13)17(22)19-15-10-23-11-16(15)21/h2-7,15-16,21H,8-11H2,1H3,(H,19,22)/t15-,16-/m0/s1. The Kier molecular flexibility index (Phi) is 5.44. The molecule has 1 aliphatic heterocycles. The SMILES string of the molecule is Cc1ccc(CN(Cc2ccncc2)C(=O)N[C@H]2COC[C@@H]2O)s1. The summed E-state index contributed by atoms with van der Waals surface area (Å²) >= 11 is 1.68. The van der Waals surface area contributed by atoms with E-state index < -0.39 is 6.10 Å². The summed E-state index contributed by atoms with van der Waals surface area (Å²) in [6, 6.07) is 7.33. The van der Waals surface area contributed by atoms with Gasteiger partial charge in [0.2, 0.25) is 0 Å². The number of nitrogens with one attached hydrogen (secondary N) is 1. The number of ether oxygens (including phenoxy) is 1. The molecule has 1 fully saturated rings. The van der Waals surface area contributed by atoms with E-state index in [2.05, 4.69) is 16.4 Å². The van der Waals surface area contributed by atoms with E-state index in [0.29, 0.717) is 19.7 Å². The number of nitrogens with zero attached hydrogens (tertiary/aromatic N) is 2. The van der Waals surface area contributed by atoms with Gasteiger partial charge >= 0.3 is 6.03 Å². The van der Waals surface area contributed by atoms with Gasteiger partial charge in [-0.15, -0.1) is 11.3 Å². The van der Waals surface area contributed by atoms with E-state index in [1.165, 1.54) is 4.88 Å². The number of carbonyl (C=O) groups is 1. The van der Waals surface area contributed by atoms with Gasteiger partial charge in [0.05, 0.1) is 31.9 Å². The third-order valence-corrected chi connectivity index (χ3v) is 4.90. The summed E-state index contributed by atoms with van der Waals surface area (Å²) in [7, 11) is 0. The van der Waals surface area contributed by atoms with Gasteiger partial charge in [-0.3, -0.25) is 4.98 Å². The summed E-state index contributed by atoms with van der Waals surface area (Å²) in [4.78, 5) is 20.8. The maximum Gasteiger partial charge on any atom is 0.318 e. The van der Waals surface area contributed by atoms with Crippen LogP contribution in [0, 0.1) is 6.92 Å². The zero-order valence-corrected chi connectivity index (χ0v) is 14.3. The van der Waals surface area contributed by atoms with Crippen molar-refractivity contribution < 1.29 is 14.6 Å². The number of hydrogen-bond donors (Lipinski definition) is 2. The second-order valence-electron chi connectivity index (χ2n) is 5.88. The number of hydrogen-bond acceptors (Lipinski definition) is 5. The molecule has 0 spiro atoms. The van der Waals surface area contributed by atoms with Crippen molar-refractivity contribution in [3.8, 4) is 0 Å². The van der Waals surface area contributed by atoms with Crippen molar-refractivity contribution in [1.82, 2.24) is 15.2 Å².